The summed E-state index contributed by atoms with van der Waals surface area (Å²) in [5.74, 6) is 0.190. The minimum absolute atomic E-state index is 0.342. The van der Waals surface area contributed by atoms with Gasteiger partial charge in [-0.05, 0) is 52.7 Å². The average molecular weight is 403 g/mol. The molecule has 4 nitrogen and oxygen atoms in total. The van der Waals surface area contributed by atoms with Crippen LogP contribution in [0.25, 0.3) is 21.5 Å². The number of hydrogen-bond donors (Lipinski definition) is 1. The van der Waals surface area contributed by atoms with Gasteiger partial charge >= 0.3 is 0 Å². The third-order valence-electron chi connectivity index (χ3n) is 4.66. The van der Waals surface area contributed by atoms with Crippen LogP contribution in [0.2, 0.25) is 5.02 Å². The zero-order valence-electron chi connectivity index (χ0n) is 15.8. The van der Waals surface area contributed by atoms with Crippen molar-refractivity contribution in [3.05, 3.63) is 89.4 Å². The van der Waals surface area contributed by atoms with Crippen LogP contribution in [0.4, 0.5) is 0 Å². The van der Waals surface area contributed by atoms with Crippen molar-refractivity contribution in [2.45, 2.75) is 13.0 Å². The van der Waals surface area contributed by atoms with Crippen LogP contribution in [0.15, 0.2) is 84.0 Å². The molecular formula is C24H19ClN2O2. The van der Waals surface area contributed by atoms with Crippen molar-refractivity contribution in [2.24, 2.45) is 5.10 Å². The standard InChI is InChI=1S/C24H19ClN2O2/c1-16(29-20-10-6-9-19(25)14-20)24(28)27-26-15-23-21-11-4-2-7-17(21)13-18-8-3-5-12-22(18)23/h2-16H,1H3,(H,27,28)/b26-15-/t16-/m1/s1. The van der Waals surface area contributed by atoms with Crippen molar-refractivity contribution in [1.29, 1.82) is 0 Å². The lowest BCUT2D eigenvalue weighted by atomic mass is 9.97. The maximum Gasteiger partial charge on any atom is 0.280 e. The van der Waals surface area contributed by atoms with E-state index in [0.717, 1.165) is 27.1 Å². The minimum Gasteiger partial charge on any atom is -0.481 e. The molecule has 0 heterocycles. The summed E-state index contributed by atoms with van der Waals surface area (Å²) in [5.41, 5.74) is 3.53. The van der Waals surface area contributed by atoms with Crippen molar-refractivity contribution < 1.29 is 9.53 Å². The molecule has 4 aromatic rings. The van der Waals surface area contributed by atoms with Gasteiger partial charge in [-0.15, -0.1) is 0 Å². The first-order valence-corrected chi connectivity index (χ1v) is 9.65. The number of benzene rings is 4. The molecule has 0 aliphatic heterocycles. The van der Waals surface area contributed by atoms with Gasteiger partial charge in [0, 0.05) is 10.6 Å². The molecule has 0 saturated heterocycles. The highest BCUT2D eigenvalue weighted by Gasteiger charge is 2.14. The van der Waals surface area contributed by atoms with Crippen LogP contribution in [0.5, 0.6) is 5.75 Å². The predicted molar refractivity (Wildman–Crippen MR) is 119 cm³/mol. The first-order chi connectivity index (χ1) is 14.1. The van der Waals surface area contributed by atoms with E-state index in [1.165, 1.54) is 0 Å². The summed E-state index contributed by atoms with van der Waals surface area (Å²) in [6.07, 6.45) is 0.976. The Morgan fingerprint density at radius 2 is 1.62 bits per heavy atom. The van der Waals surface area contributed by atoms with Crippen LogP contribution in [-0.2, 0) is 4.79 Å². The second-order valence-corrected chi connectivity index (χ2v) is 7.12. The summed E-state index contributed by atoms with van der Waals surface area (Å²) in [5, 5.41) is 9.14. The van der Waals surface area contributed by atoms with Crippen LogP contribution < -0.4 is 10.2 Å². The fourth-order valence-corrected chi connectivity index (χ4v) is 3.42. The smallest absolute Gasteiger partial charge is 0.280 e. The normalized spacial score (nSPS) is 12.3. The van der Waals surface area contributed by atoms with Gasteiger partial charge in [0.05, 0.1) is 6.21 Å². The van der Waals surface area contributed by atoms with E-state index in [1.807, 2.05) is 24.3 Å². The van der Waals surface area contributed by atoms with Crippen molar-refractivity contribution in [3.8, 4) is 5.75 Å². The monoisotopic (exact) mass is 402 g/mol. The van der Waals surface area contributed by atoms with Gasteiger partial charge in [-0.25, -0.2) is 5.43 Å². The summed E-state index contributed by atoms with van der Waals surface area (Å²) in [4.78, 5) is 12.4. The first kappa shape index (κ1) is 19.0. The molecule has 0 aliphatic carbocycles. The second kappa shape index (κ2) is 8.33. The zero-order valence-corrected chi connectivity index (χ0v) is 16.6. The summed E-state index contributed by atoms with van der Waals surface area (Å²) >= 11 is 5.95. The van der Waals surface area contributed by atoms with Crippen LogP contribution in [0.1, 0.15) is 12.5 Å². The fourth-order valence-electron chi connectivity index (χ4n) is 3.24. The molecule has 29 heavy (non-hydrogen) atoms. The van der Waals surface area contributed by atoms with E-state index in [1.54, 1.807) is 37.4 Å². The Morgan fingerprint density at radius 1 is 0.966 bits per heavy atom. The highest BCUT2D eigenvalue weighted by atomic mass is 35.5. The number of amides is 1. The van der Waals surface area contributed by atoms with E-state index in [2.05, 4.69) is 40.9 Å². The molecule has 4 aromatic carbocycles. The number of carbonyl (C=O) groups excluding carboxylic acids is 1. The van der Waals surface area contributed by atoms with E-state index in [0.29, 0.717) is 10.8 Å². The molecule has 1 N–H and O–H groups in total. The number of fused-ring (bicyclic) bond motifs is 2. The van der Waals surface area contributed by atoms with E-state index < -0.39 is 6.10 Å². The lowest BCUT2D eigenvalue weighted by Crippen LogP contribution is -2.33. The molecule has 0 bridgehead atoms. The Labute approximate surface area is 173 Å². The topological polar surface area (TPSA) is 50.7 Å². The Balaban J connectivity index is 1.55. The fraction of sp³-hybridized carbons (Fsp3) is 0.0833. The van der Waals surface area contributed by atoms with Gasteiger partial charge < -0.3 is 4.74 Å². The molecule has 4 rings (SSSR count). The van der Waals surface area contributed by atoms with Gasteiger partial charge in [0.2, 0.25) is 0 Å². The van der Waals surface area contributed by atoms with Gasteiger partial charge in [-0.2, -0.15) is 5.10 Å². The summed E-state index contributed by atoms with van der Waals surface area (Å²) < 4.78 is 5.63. The molecule has 1 atom stereocenters. The SMILES string of the molecule is C[C@@H](Oc1cccc(Cl)c1)C(=O)N/N=C\c1c2ccccc2cc2ccccc12. The number of hydrazone groups is 1. The van der Waals surface area contributed by atoms with Crippen LogP contribution in [-0.4, -0.2) is 18.2 Å². The van der Waals surface area contributed by atoms with Crippen molar-refractivity contribution in [3.63, 3.8) is 0 Å². The Morgan fingerprint density at radius 3 is 2.28 bits per heavy atom. The van der Waals surface area contributed by atoms with Crippen molar-refractivity contribution in [2.75, 3.05) is 0 Å². The molecule has 0 fully saturated rings. The number of halogens is 1. The Bertz CT molecular complexity index is 1170. The summed E-state index contributed by atoms with van der Waals surface area (Å²) in [6.45, 7) is 1.67. The number of nitrogens with zero attached hydrogens (tertiary/aromatic N) is 1. The second-order valence-electron chi connectivity index (χ2n) is 6.68. The molecule has 0 radical (unpaired) electrons. The van der Waals surface area contributed by atoms with Crippen LogP contribution in [0, 0.1) is 0 Å². The molecule has 0 unspecified atom stereocenters. The van der Waals surface area contributed by atoms with E-state index >= 15 is 0 Å². The van der Waals surface area contributed by atoms with Gasteiger partial charge in [0.1, 0.15) is 5.75 Å². The molecule has 0 saturated carbocycles. The average Bonchev–Trinajstić information content (AvgIpc) is 2.73. The van der Waals surface area contributed by atoms with Crippen molar-refractivity contribution in [1.82, 2.24) is 5.43 Å². The highest BCUT2D eigenvalue weighted by Crippen LogP contribution is 2.27. The van der Waals surface area contributed by atoms with E-state index in [4.69, 9.17) is 16.3 Å². The van der Waals surface area contributed by atoms with Gasteiger partial charge in [-0.1, -0.05) is 66.2 Å². The summed E-state index contributed by atoms with van der Waals surface area (Å²) in [6, 6.07) is 25.3. The molecular weight excluding hydrogens is 384 g/mol. The molecule has 0 spiro atoms. The first-order valence-electron chi connectivity index (χ1n) is 9.27. The molecule has 1 amide bonds. The van der Waals surface area contributed by atoms with Gasteiger partial charge in [0.15, 0.2) is 6.10 Å². The Kier molecular flexibility index (Phi) is 5.45. The molecule has 5 heteroatoms. The van der Waals surface area contributed by atoms with E-state index in [-0.39, 0.29) is 5.91 Å². The van der Waals surface area contributed by atoms with Gasteiger partial charge in [-0.3, -0.25) is 4.79 Å². The molecule has 0 aromatic heterocycles. The summed E-state index contributed by atoms with van der Waals surface area (Å²) in [7, 11) is 0. The number of ether oxygens (including phenoxy) is 1. The number of nitrogens with one attached hydrogen (secondary N) is 1. The van der Waals surface area contributed by atoms with Crippen molar-refractivity contribution >= 4 is 45.3 Å². The number of rotatable bonds is 5. The minimum atomic E-state index is -0.713. The predicted octanol–water partition coefficient (Wildman–Crippen LogP) is 5.56. The number of hydrogen-bond acceptors (Lipinski definition) is 3. The van der Waals surface area contributed by atoms with E-state index in [9.17, 15) is 4.79 Å². The third kappa shape index (κ3) is 4.23. The maximum atomic E-state index is 12.4. The highest BCUT2D eigenvalue weighted by molar-refractivity contribution is 6.30. The molecule has 144 valence electrons. The van der Waals surface area contributed by atoms with Crippen LogP contribution >= 0.6 is 11.6 Å². The Hall–Kier alpha value is -3.37. The third-order valence-corrected chi connectivity index (χ3v) is 4.89. The molecule has 0 aliphatic rings. The lowest BCUT2D eigenvalue weighted by molar-refractivity contribution is -0.127. The largest absolute Gasteiger partial charge is 0.481 e. The maximum absolute atomic E-state index is 12.4. The number of carbonyl (C=O) groups is 1. The lowest BCUT2D eigenvalue weighted by Gasteiger charge is -2.13. The van der Waals surface area contributed by atoms with Gasteiger partial charge in [0.25, 0.3) is 5.91 Å². The quantitative estimate of drug-likeness (QED) is 0.270. The van der Waals surface area contributed by atoms with Crippen LogP contribution in [0.3, 0.4) is 0 Å². The zero-order chi connectivity index (χ0) is 20.2.